The van der Waals surface area contributed by atoms with E-state index in [9.17, 15) is 34.8 Å². The zero-order valence-corrected chi connectivity index (χ0v) is 35.1. The van der Waals surface area contributed by atoms with Crippen molar-refractivity contribution in [3.63, 3.8) is 0 Å². The number of anilines is 1. The highest BCUT2D eigenvalue weighted by molar-refractivity contribution is 7.99. The monoisotopic (exact) mass is 818 g/mol. The second kappa shape index (κ2) is 33.6. The van der Waals surface area contributed by atoms with Gasteiger partial charge < -0.3 is 46.1 Å². The van der Waals surface area contributed by atoms with Gasteiger partial charge in [-0.1, -0.05) is 135 Å². The summed E-state index contributed by atoms with van der Waals surface area (Å²) in [4.78, 5) is 38.1. The number of aliphatic hydroxyl groups is 5. The number of hydrogen-bond acceptors (Lipinski definition) is 14. The van der Waals surface area contributed by atoms with Crippen LogP contribution in [-0.2, 0) is 30.4 Å². The highest BCUT2D eigenvalue weighted by atomic mass is 32.2. The first kappa shape index (κ1) is 51.7. The standard InChI is InChI=1S/C40H75N5O10S/c1-3-5-7-9-11-13-15-17-19-21-23-36(49)54-28-31(55-37(50)24-22-20-18-16-14-12-10-8-6-4-2)29-56-30-32(41)40(53)42-35-26-45(44-43-35)25-33(47)38(51)39(52)34(48)27-46/h26,31-34,38-39,46-48,51-52H,3-25,27-30,41H2,1-2H3,(H,42,53)/t31-,32-,33+,34-,38+,39-/m1/s1. The Labute approximate surface area is 339 Å². The molecule has 1 amide bonds. The molecule has 1 aromatic heterocycles. The molecule has 0 spiro atoms. The number of aliphatic hydroxyl groups excluding tert-OH is 5. The fourth-order valence-corrected chi connectivity index (χ4v) is 7.03. The van der Waals surface area contributed by atoms with Gasteiger partial charge in [-0.3, -0.25) is 14.4 Å². The minimum absolute atomic E-state index is 0.0289. The molecule has 56 heavy (non-hydrogen) atoms. The number of nitrogens with zero attached hydrogens (tertiary/aromatic N) is 3. The Kier molecular flexibility index (Phi) is 31.0. The van der Waals surface area contributed by atoms with Crippen LogP contribution >= 0.6 is 11.8 Å². The smallest absolute Gasteiger partial charge is 0.306 e. The first-order chi connectivity index (χ1) is 27.0. The van der Waals surface area contributed by atoms with Gasteiger partial charge in [-0.05, 0) is 12.8 Å². The van der Waals surface area contributed by atoms with E-state index in [1.165, 1.54) is 101 Å². The fourth-order valence-electron chi connectivity index (χ4n) is 6.06. The van der Waals surface area contributed by atoms with Gasteiger partial charge in [0.25, 0.3) is 0 Å². The van der Waals surface area contributed by atoms with E-state index in [4.69, 9.17) is 20.3 Å². The summed E-state index contributed by atoms with van der Waals surface area (Å²) in [5.74, 6) is -0.776. The van der Waals surface area contributed by atoms with Crippen molar-refractivity contribution < 1.29 is 49.4 Å². The summed E-state index contributed by atoms with van der Waals surface area (Å²) in [7, 11) is 0. The molecule has 0 aliphatic carbocycles. The number of unbranched alkanes of at least 4 members (excludes halogenated alkanes) is 18. The molecule has 0 saturated heterocycles. The second-order valence-electron chi connectivity index (χ2n) is 14.9. The van der Waals surface area contributed by atoms with Crippen LogP contribution in [0.5, 0.6) is 0 Å². The third-order valence-corrected chi connectivity index (χ3v) is 10.8. The molecule has 15 nitrogen and oxygen atoms in total. The number of thioether (sulfide) groups is 1. The molecule has 0 fully saturated rings. The van der Waals surface area contributed by atoms with E-state index in [0.29, 0.717) is 6.42 Å². The third kappa shape index (κ3) is 25.8. The second-order valence-corrected chi connectivity index (χ2v) is 16.0. The molecular weight excluding hydrogens is 743 g/mol. The average molecular weight is 818 g/mol. The maximum Gasteiger partial charge on any atom is 0.306 e. The van der Waals surface area contributed by atoms with Crippen molar-refractivity contribution in [1.29, 1.82) is 0 Å². The maximum atomic E-state index is 12.8. The van der Waals surface area contributed by atoms with Gasteiger partial charge in [0.15, 0.2) is 5.82 Å². The fraction of sp³-hybridized carbons (Fsp3) is 0.875. The lowest BCUT2D eigenvalue weighted by Gasteiger charge is -2.25. The van der Waals surface area contributed by atoms with Gasteiger partial charge in [0.05, 0.1) is 25.4 Å². The number of rotatable bonds is 37. The van der Waals surface area contributed by atoms with E-state index in [-0.39, 0.29) is 48.8 Å². The van der Waals surface area contributed by atoms with Crippen molar-refractivity contribution in [2.75, 3.05) is 30.0 Å². The van der Waals surface area contributed by atoms with Crippen LogP contribution in [0.15, 0.2) is 6.20 Å². The molecule has 0 aliphatic rings. The highest BCUT2D eigenvalue weighted by Crippen LogP contribution is 2.16. The zero-order chi connectivity index (χ0) is 41.4. The van der Waals surface area contributed by atoms with E-state index in [0.717, 1.165) is 49.6 Å². The molecule has 16 heteroatoms. The number of nitrogens with two attached hydrogens (primary N) is 1. The number of hydrogen-bond donors (Lipinski definition) is 7. The molecule has 0 aromatic carbocycles. The van der Waals surface area contributed by atoms with Gasteiger partial charge in [-0.2, -0.15) is 11.8 Å². The lowest BCUT2D eigenvalue weighted by Crippen LogP contribution is -2.47. The van der Waals surface area contributed by atoms with Gasteiger partial charge in [-0.25, -0.2) is 4.68 Å². The molecule has 1 rings (SSSR count). The first-order valence-corrected chi connectivity index (χ1v) is 22.4. The number of amides is 1. The summed E-state index contributed by atoms with van der Waals surface area (Å²) in [6.07, 6.45) is 17.6. The molecule has 1 heterocycles. The first-order valence-electron chi connectivity index (χ1n) is 21.2. The lowest BCUT2D eigenvalue weighted by atomic mass is 10.0. The molecule has 0 radical (unpaired) electrons. The number of aromatic nitrogens is 3. The van der Waals surface area contributed by atoms with Gasteiger partial charge in [0, 0.05) is 24.3 Å². The Balaban J connectivity index is 2.54. The van der Waals surface area contributed by atoms with E-state index < -0.39 is 49.1 Å². The summed E-state index contributed by atoms with van der Waals surface area (Å²) in [6.45, 7) is 3.22. The average Bonchev–Trinajstić information content (AvgIpc) is 3.63. The predicted octanol–water partition coefficient (Wildman–Crippen LogP) is 4.79. The highest BCUT2D eigenvalue weighted by Gasteiger charge is 2.30. The SMILES string of the molecule is CCCCCCCCCCCCC(=O)OC[C@H](CSC[C@@H](N)C(=O)Nc1cn(C[C@H](O)[C@H](O)[C@H](O)[C@H](O)CO)nn1)OC(=O)CCCCCCCCCCCC. The zero-order valence-electron chi connectivity index (χ0n) is 34.2. The van der Waals surface area contributed by atoms with Crippen LogP contribution in [0.2, 0.25) is 0 Å². The van der Waals surface area contributed by atoms with E-state index in [1.54, 1.807) is 0 Å². The normalized spacial score (nSPS) is 14.8. The quantitative estimate of drug-likeness (QED) is 0.0353. The molecule has 326 valence electrons. The molecule has 0 bridgehead atoms. The molecule has 0 aliphatic heterocycles. The van der Waals surface area contributed by atoms with Crippen LogP contribution in [-0.4, -0.2) is 120 Å². The lowest BCUT2D eigenvalue weighted by molar-refractivity contribution is -0.157. The number of carbonyl (C=O) groups excluding carboxylic acids is 3. The Morgan fingerprint density at radius 2 is 1.21 bits per heavy atom. The van der Waals surface area contributed by atoms with Crippen LogP contribution in [0.3, 0.4) is 0 Å². The van der Waals surface area contributed by atoms with Crippen molar-refractivity contribution in [2.24, 2.45) is 5.73 Å². The summed E-state index contributed by atoms with van der Waals surface area (Å²) in [6, 6.07) is -0.977. The van der Waals surface area contributed by atoms with Crippen LogP contribution in [0.1, 0.15) is 155 Å². The predicted molar refractivity (Wildman–Crippen MR) is 219 cm³/mol. The van der Waals surface area contributed by atoms with Crippen molar-refractivity contribution in [2.45, 2.75) is 198 Å². The van der Waals surface area contributed by atoms with Gasteiger partial charge >= 0.3 is 11.9 Å². The maximum absolute atomic E-state index is 12.8. The summed E-state index contributed by atoms with van der Waals surface area (Å²) in [5, 5.41) is 58.6. The van der Waals surface area contributed by atoms with Crippen molar-refractivity contribution >= 4 is 35.4 Å². The third-order valence-electron chi connectivity index (χ3n) is 9.62. The van der Waals surface area contributed by atoms with Crippen LogP contribution in [0.25, 0.3) is 0 Å². The van der Waals surface area contributed by atoms with Crippen LogP contribution in [0, 0.1) is 0 Å². The minimum atomic E-state index is -1.79. The number of esters is 2. The Morgan fingerprint density at radius 1 is 0.732 bits per heavy atom. The Hall–Kier alpha value is -2.34. The number of nitrogens with one attached hydrogen (secondary N) is 1. The largest absolute Gasteiger partial charge is 0.462 e. The van der Waals surface area contributed by atoms with Gasteiger partial charge in [0.1, 0.15) is 37.1 Å². The van der Waals surface area contributed by atoms with Gasteiger partial charge in [0.2, 0.25) is 5.91 Å². The molecular formula is C40H75N5O10S. The van der Waals surface area contributed by atoms with E-state index >= 15 is 0 Å². The molecule has 0 unspecified atom stereocenters. The van der Waals surface area contributed by atoms with Gasteiger partial charge in [-0.15, -0.1) is 5.10 Å². The van der Waals surface area contributed by atoms with Crippen molar-refractivity contribution in [1.82, 2.24) is 15.0 Å². The number of carbonyl (C=O) groups is 3. The molecule has 8 N–H and O–H groups in total. The Bertz CT molecular complexity index is 1150. The van der Waals surface area contributed by atoms with Crippen LogP contribution < -0.4 is 11.1 Å². The minimum Gasteiger partial charge on any atom is -0.462 e. The summed E-state index contributed by atoms with van der Waals surface area (Å²) in [5.41, 5.74) is 6.12. The summed E-state index contributed by atoms with van der Waals surface area (Å²) >= 11 is 1.29. The Morgan fingerprint density at radius 3 is 1.73 bits per heavy atom. The number of ether oxygens (including phenoxy) is 2. The van der Waals surface area contributed by atoms with E-state index in [2.05, 4.69) is 29.5 Å². The van der Waals surface area contributed by atoms with Crippen LogP contribution in [0.4, 0.5) is 5.82 Å². The molecule has 0 saturated carbocycles. The topological polar surface area (TPSA) is 240 Å². The van der Waals surface area contributed by atoms with Crippen molar-refractivity contribution in [3.8, 4) is 0 Å². The molecule has 1 aromatic rings. The van der Waals surface area contributed by atoms with Crippen molar-refractivity contribution in [3.05, 3.63) is 6.20 Å². The van der Waals surface area contributed by atoms with E-state index in [1.807, 2.05) is 0 Å². The molecule has 6 atom stereocenters. The summed E-state index contributed by atoms with van der Waals surface area (Å²) < 4.78 is 12.4.